The Kier molecular flexibility index (Phi) is 4.64. The van der Waals surface area contributed by atoms with Crippen LogP contribution in [0.2, 0.25) is 5.02 Å². The quantitative estimate of drug-likeness (QED) is 0.820. The van der Waals surface area contributed by atoms with E-state index in [1.54, 1.807) is 24.3 Å². The number of nitrogens with zero attached hydrogens (tertiary/aromatic N) is 1. The summed E-state index contributed by atoms with van der Waals surface area (Å²) in [6, 6.07) is 11.2. The standard InChI is InChI=1S/C15H11BrClFN2/c1-9-2-3-10(18)6-12(9)15(8-19)20-11-4-5-14(17)13(16)7-11/h2-7,15,20H,1H3. The highest BCUT2D eigenvalue weighted by molar-refractivity contribution is 9.10. The van der Waals surface area contributed by atoms with E-state index in [-0.39, 0.29) is 5.82 Å². The minimum absolute atomic E-state index is 0.357. The van der Waals surface area contributed by atoms with Gasteiger partial charge >= 0.3 is 0 Å². The molecule has 20 heavy (non-hydrogen) atoms. The molecule has 1 unspecified atom stereocenters. The number of benzene rings is 2. The molecule has 0 bridgehead atoms. The Hall–Kier alpha value is -1.57. The van der Waals surface area contributed by atoms with E-state index < -0.39 is 6.04 Å². The zero-order valence-corrected chi connectivity index (χ0v) is 13.0. The van der Waals surface area contributed by atoms with Crippen molar-refractivity contribution in [1.29, 1.82) is 5.26 Å². The molecule has 1 atom stereocenters. The van der Waals surface area contributed by atoms with E-state index in [1.165, 1.54) is 12.1 Å². The van der Waals surface area contributed by atoms with Crippen molar-refractivity contribution >= 4 is 33.2 Å². The van der Waals surface area contributed by atoms with Crippen LogP contribution < -0.4 is 5.32 Å². The first kappa shape index (κ1) is 14.8. The Morgan fingerprint density at radius 1 is 1.30 bits per heavy atom. The van der Waals surface area contributed by atoms with Gasteiger partial charge in [-0.1, -0.05) is 17.7 Å². The van der Waals surface area contributed by atoms with Gasteiger partial charge in [-0.15, -0.1) is 0 Å². The van der Waals surface area contributed by atoms with Gasteiger partial charge in [0.15, 0.2) is 0 Å². The van der Waals surface area contributed by atoms with E-state index >= 15 is 0 Å². The van der Waals surface area contributed by atoms with Gasteiger partial charge in [-0.2, -0.15) is 5.26 Å². The number of hydrogen-bond acceptors (Lipinski definition) is 2. The summed E-state index contributed by atoms with van der Waals surface area (Å²) >= 11 is 9.25. The smallest absolute Gasteiger partial charge is 0.140 e. The predicted molar refractivity (Wildman–Crippen MR) is 82.3 cm³/mol. The van der Waals surface area contributed by atoms with Crippen molar-refractivity contribution < 1.29 is 4.39 Å². The van der Waals surface area contributed by atoms with Crippen molar-refractivity contribution in [3.63, 3.8) is 0 Å². The van der Waals surface area contributed by atoms with Gasteiger partial charge in [-0.25, -0.2) is 4.39 Å². The molecule has 2 aromatic rings. The van der Waals surface area contributed by atoms with Crippen LogP contribution in [-0.4, -0.2) is 0 Å². The fraction of sp³-hybridized carbons (Fsp3) is 0.133. The molecule has 2 aromatic carbocycles. The molecule has 0 spiro atoms. The van der Waals surface area contributed by atoms with Crippen LogP contribution in [0.1, 0.15) is 17.2 Å². The first-order chi connectivity index (χ1) is 9.51. The van der Waals surface area contributed by atoms with Gasteiger partial charge in [0.1, 0.15) is 11.9 Å². The number of hydrogen-bond donors (Lipinski definition) is 1. The maximum absolute atomic E-state index is 13.3. The van der Waals surface area contributed by atoms with E-state index in [0.29, 0.717) is 10.6 Å². The monoisotopic (exact) mass is 352 g/mol. The summed E-state index contributed by atoms with van der Waals surface area (Å²) < 4.78 is 14.1. The second kappa shape index (κ2) is 6.25. The second-order valence-corrected chi connectivity index (χ2v) is 5.60. The molecule has 0 radical (unpaired) electrons. The third-order valence-electron chi connectivity index (χ3n) is 2.91. The Labute approximate surface area is 130 Å². The van der Waals surface area contributed by atoms with E-state index in [4.69, 9.17) is 11.6 Å². The molecule has 0 aromatic heterocycles. The van der Waals surface area contributed by atoms with Crippen LogP contribution in [0.25, 0.3) is 0 Å². The molecule has 2 rings (SSSR count). The SMILES string of the molecule is Cc1ccc(F)cc1C(C#N)Nc1ccc(Cl)c(Br)c1. The third kappa shape index (κ3) is 3.30. The lowest BCUT2D eigenvalue weighted by molar-refractivity contribution is 0.624. The zero-order valence-electron chi connectivity index (χ0n) is 10.6. The lowest BCUT2D eigenvalue weighted by Gasteiger charge is -2.16. The maximum atomic E-state index is 13.3. The molecule has 1 N–H and O–H groups in total. The molecule has 2 nitrogen and oxygen atoms in total. The highest BCUT2D eigenvalue weighted by Gasteiger charge is 2.14. The molecule has 0 saturated carbocycles. The van der Waals surface area contributed by atoms with Gasteiger partial charge in [0, 0.05) is 10.2 Å². The summed E-state index contributed by atoms with van der Waals surface area (Å²) in [6.45, 7) is 1.85. The molecule has 0 heterocycles. The largest absolute Gasteiger partial charge is 0.366 e. The molecule has 0 aliphatic carbocycles. The van der Waals surface area contributed by atoms with Crippen molar-refractivity contribution in [3.05, 3.63) is 62.8 Å². The van der Waals surface area contributed by atoms with Gasteiger partial charge in [-0.3, -0.25) is 0 Å². The average Bonchev–Trinajstić information content (AvgIpc) is 2.43. The minimum Gasteiger partial charge on any atom is -0.366 e. The van der Waals surface area contributed by atoms with Crippen LogP contribution in [0.5, 0.6) is 0 Å². The summed E-state index contributed by atoms with van der Waals surface area (Å²) in [5.41, 5.74) is 2.22. The van der Waals surface area contributed by atoms with Crippen LogP contribution in [0.3, 0.4) is 0 Å². The van der Waals surface area contributed by atoms with E-state index in [2.05, 4.69) is 27.3 Å². The number of nitriles is 1. The summed E-state index contributed by atoms with van der Waals surface area (Å²) in [5, 5.41) is 13.0. The Morgan fingerprint density at radius 2 is 2.05 bits per heavy atom. The number of anilines is 1. The Balaban J connectivity index is 2.31. The fourth-order valence-electron chi connectivity index (χ4n) is 1.85. The van der Waals surface area contributed by atoms with Gasteiger partial charge in [0.25, 0.3) is 0 Å². The van der Waals surface area contributed by atoms with Crippen LogP contribution in [-0.2, 0) is 0 Å². The first-order valence-electron chi connectivity index (χ1n) is 5.88. The van der Waals surface area contributed by atoms with Gasteiger partial charge in [0.05, 0.1) is 11.1 Å². The molecule has 102 valence electrons. The summed E-state index contributed by atoms with van der Waals surface area (Å²) in [4.78, 5) is 0. The van der Waals surface area contributed by atoms with Gasteiger partial charge < -0.3 is 5.32 Å². The van der Waals surface area contributed by atoms with Gasteiger partial charge in [0.2, 0.25) is 0 Å². The normalized spacial score (nSPS) is 11.8. The van der Waals surface area contributed by atoms with E-state index in [0.717, 1.165) is 15.7 Å². The molecule has 0 aliphatic heterocycles. The minimum atomic E-state index is -0.626. The molecule has 0 aliphatic rings. The molecular formula is C15H11BrClFN2. The van der Waals surface area contributed by atoms with Crippen LogP contribution in [0.15, 0.2) is 40.9 Å². The van der Waals surface area contributed by atoms with Crippen molar-refractivity contribution in [1.82, 2.24) is 0 Å². The predicted octanol–water partition coefficient (Wildman–Crippen LogP) is 5.23. The third-order valence-corrected chi connectivity index (χ3v) is 4.13. The summed E-state index contributed by atoms with van der Waals surface area (Å²) in [6.07, 6.45) is 0. The van der Waals surface area contributed by atoms with E-state index in [1.807, 2.05) is 6.92 Å². The average molecular weight is 354 g/mol. The highest BCUT2D eigenvalue weighted by atomic mass is 79.9. The maximum Gasteiger partial charge on any atom is 0.140 e. The molecule has 0 saturated heterocycles. The summed E-state index contributed by atoms with van der Waals surface area (Å²) in [5.74, 6) is -0.357. The van der Waals surface area contributed by atoms with E-state index in [9.17, 15) is 9.65 Å². The molecular weight excluding hydrogens is 343 g/mol. The topological polar surface area (TPSA) is 35.8 Å². The summed E-state index contributed by atoms with van der Waals surface area (Å²) in [7, 11) is 0. The second-order valence-electron chi connectivity index (χ2n) is 4.34. The lowest BCUT2D eigenvalue weighted by Crippen LogP contribution is -2.10. The number of halogens is 3. The molecule has 0 fully saturated rings. The first-order valence-corrected chi connectivity index (χ1v) is 7.05. The number of nitrogens with one attached hydrogen (secondary N) is 1. The van der Waals surface area contributed by atoms with Crippen molar-refractivity contribution in [3.8, 4) is 6.07 Å². The van der Waals surface area contributed by atoms with Crippen molar-refractivity contribution in [2.45, 2.75) is 13.0 Å². The van der Waals surface area contributed by atoms with Crippen LogP contribution in [0, 0.1) is 24.1 Å². The number of aryl methyl sites for hydroxylation is 1. The van der Waals surface area contributed by atoms with Crippen LogP contribution in [0.4, 0.5) is 10.1 Å². The zero-order chi connectivity index (χ0) is 14.7. The lowest BCUT2D eigenvalue weighted by atomic mass is 10.0. The van der Waals surface area contributed by atoms with Crippen molar-refractivity contribution in [2.75, 3.05) is 5.32 Å². The molecule has 0 amide bonds. The van der Waals surface area contributed by atoms with Gasteiger partial charge in [-0.05, 0) is 64.3 Å². The Bertz CT molecular complexity index is 682. The number of rotatable bonds is 3. The molecule has 5 heteroatoms. The fourth-order valence-corrected chi connectivity index (χ4v) is 2.35. The van der Waals surface area contributed by atoms with Crippen LogP contribution >= 0.6 is 27.5 Å². The van der Waals surface area contributed by atoms with Crippen molar-refractivity contribution in [2.24, 2.45) is 0 Å². The highest BCUT2D eigenvalue weighted by Crippen LogP contribution is 2.28. The Morgan fingerprint density at radius 3 is 2.70 bits per heavy atom.